The molecule has 0 fully saturated rings. The van der Waals surface area contributed by atoms with Crippen molar-refractivity contribution in [1.82, 2.24) is 4.72 Å². The van der Waals surface area contributed by atoms with Gasteiger partial charge in [0.2, 0.25) is 5.91 Å². The van der Waals surface area contributed by atoms with Crippen molar-refractivity contribution in [3.05, 3.63) is 44.7 Å². The van der Waals surface area contributed by atoms with Crippen LogP contribution in [-0.4, -0.2) is 27.9 Å². The number of hydrogen-bond donors (Lipinski definition) is 1. The fourth-order valence-electron chi connectivity index (χ4n) is 1.77. The normalized spacial score (nSPS) is 11.5. The molecule has 1 aromatic heterocycles. The van der Waals surface area contributed by atoms with Gasteiger partial charge in [-0.2, -0.15) is 0 Å². The Balaban J connectivity index is 2.05. The molecule has 0 atom stereocenters. The summed E-state index contributed by atoms with van der Waals surface area (Å²) < 4.78 is 27.8. The van der Waals surface area contributed by atoms with Crippen molar-refractivity contribution in [2.24, 2.45) is 0 Å². The zero-order chi connectivity index (χ0) is 17.2. The molecule has 0 spiro atoms. The van der Waals surface area contributed by atoms with E-state index < -0.39 is 10.0 Å². The highest BCUT2D eigenvalue weighted by Gasteiger charge is 2.19. The summed E-state index contributed by atoms with van der Waals surface area (Å²) in [5.74, 6) is -0.363. The van der Waals surface area contributed by atoms with E-state index in [4.69, 9.17) is 11.6 Å². The molecule has 0 saturated heterocycles. The van der Waals surface area contributed by atoms with Gasteiger partial charge >= 0.3 is 0 Å². The molecule has 124 valence electrons. The maximum absolute atomic E-state index is 12.2. The molecule has 0 aliphatic rings. The quantitative estimate of drug-likeness (QED) is 0.779. The highest BCUT2D eigenvalue weighted by molar-refractivity contribution is 9.10. The van der Waals surface area contributed by atoms with Crippen LogP contribution in [0.1, 0.15) is 5.56 Å². The SMILES string of the molecule is Cc1cc(N(C)C(=O)CNS(=O)(=O)c2ccc(Cl)s2)ccc1Br. The number of carbonyl (C=O) groups is 1. The lowest BCUT2D eigenvalue weighted by molar-refractivity contribution is -0.117. The summed E-state index contributed by atoms with van der Waals surface area (Å²) in [6.07, 6.45) is 0. The van der Waals surface area contributed by atoms with Gasteiger partial charge in [-0.25, -0.2) is 13.1 Å². The van der Waals surface area contributed by atoms with E-state index in [1.165, 1.54) is 17.0 Å². The number of sulfonamides is 1. The van der Waals surface area contributed by atoms with Gasteiger partial charge in [-0.05, 0) is 42.8 Å². The Morgan fingerprint density at radius 1 is 1.35 bits per heavy atom. The van der Waals surface area contributed by atoms with E-state index in [2.05, 4.69) is 20.7 Å². The lowest BCUT2D eigenvalue weighted by atomic mass is 10.2. The van der Waals surface area contributed by atoms with Gasteiger partial charge in [-0.15, -0.1) is 11.3 Å². The molecule has 0 aliphatic carbocycles. The number of nitrogens with zero attached hydrogens (tertiary/aromatic N) is 1. The summed E-state index contributed by atoms with van der Waals surface area (Å²) in [7, 11) is -2.14. The summed E-state index contributed by atoms with van der Waals surface area (Å²) >= 11 is 10.1. The Kier molecular flexibility index (Phi) is 5.85. The summed E-state index contributed by atoms with van der Waals surface area (Å²) in [6, 6.07) is 8.37. The van der Waals surface area contributed by atoms with Crippen LogP contribution in [0.5, 0.6) is 0 Å². The molecule has 5 nitrogen and oxygen atoms in total. The Hall–Kier alpha value is -0.930. The molecule has 1 amide bonds. The Morgan fingerprint density at radius 2 is 2.04 bits per heavy atom. The second kappa shape index (κ2) is 7.31. The first-order valence-electron chi connectivity index (χ1n) is 6.48. The molecule has 1 aromatic carbocycles. The third kappa shape index (κ3) is 4.54. The zero-order valence-corrected chi connectivity index (χ0v) is 16.3. The van der Waals surface area contributed by atoms with Crippen LogP contribution in [0.3, 0.4) is 0 Å². The monoisotopic (exact) mass is 436 g/mol. The molecule has 0 aliphatic heterocycles. The minimum absolute atomic E-state index is 0.0810. The topological polar surface area (TPSA) is 66.5 Å². The van der Waals surface area contributed by atoms with E-state index in [9.17, 15) is 13.2 Å². The van der Waals surface area contributed by atoms with E-state index in [0.29, 0.717) is 10.0 Å². The highest BCUT2D eigenvalue weighted by Crippen LogP contribution is 2.25. The van der Waals surface area contributed by atoms with Crippen LogP contribution >= 0.6 is 38.9 Å². The molecule has 9 heteroatoms. The molecule has 0 radical (unpaired) electrons. The van der Waals surface area contributed by atoms with Crippen LogP contribution in [0.15, 0.2) is 39.0 Å². The fraction of sp³-hybridized carbons (Fsp3) is 0.214. The summed E-state index contributed by atoms with van der Waals surface area (Å²) in [4.78, 5) is 13.6. The van der Waals surface area contributed by atoms with Gasteiger partial charge in [-0.1, -0.05) is 27.5 Å². The predicted octanol–water partition coefficient (Wildman–Crippen LogP) is 3.41. The number of aryl methyl sites for hydroxylation is 1. The number of rotatable bonds is 5. The van der Waals surface area contributed by atoms with E-state index in [1.807, 2.05) is 19.1 Å². The van der Waals surface area contributed by atoms with Gasteiger partial charge in [-0.3, -0.25) is 4.79 Å². The maximum atomic E-state index is 12.2. The van der Waals surface area contributed by atoms with Crippen molar-refractivity contribution in [2.45, 2.75) is 11.1 Å². The minimum atomic E-state index is -3.74. The van der Waals surface area contributed by atoms with E-state index >= 15 is 0 Å². The number of nitrogens with one attached hydrogen (secondary N) is 1. The van der Waals surface area contributed by atoms with Gasteiger partial charge in [0.15, 0.2) is 0 Å². The summed E-state index contributed by atoms with van der Waals surface area (Å²) in [5.41, 5.74) is 1.67. The zero-order valence-electron chi connectivity index (χ0n) is 12.3. The highest BCUT2D eigenvalue weighted by atomic mass is 79.9. The van der Waals surface area contributed by atoms with E-state index in [1.54, 1.807) is 13.1 Å². The average molecular weight is 438 g/mol. The van der Waals surface area contributed by atoms with Crippen LogP contribution in [-0.2, 0) is 14.8 Å². The smallest absolute Gasteiger partial charge is 0.250 e. The van der Waals surface area contributed by atoms with Gasteiger partial charge < -0.3 is 4.90 Å². The second-order valence-corrected chi connectivity index (χ2v) is 9.33. The largest absolute Gasteiger partial charge is 0.314 e. The molecule has 2 rings (SSSR count). The summed E-state index contributed by atoms with van der Waals surface area (Å²) in [5, 5.41) is 0. The molecule has 1 N–H and O–H groups in total. The maximum Gasteiger partial charge on any atom is 0.250 e. The van der Waals surface area contributed by atoms with Crippen LogP contribution in [0.2, 0.25) is 4.34 Å². The average Bonchev–Trinajstić information content (AvgIpc) is 2.94. The summed E-state index contributed by atoms with van der Waals surface area (Å²) in [6.45, 7) is 1.58. The first-order valence-corrected chi connectivity index (χ1v) is 9.95. The van der Waals surface area contributed by atoms with Gasteiger partial charge in [0.25, 0.3) is 10.0 Å². The molecule has 0 bridgehead atoms. The first-order chi connectivity index (χ1) is 10.7. The molecule has 0 unspecified atom stereocenters. The molecule has 1 heterocycles. The number of likely N-dealkylation sites (N-methyl/N-ethyl adjacent to an activating group) is 1. The van der Waals surface area contributed by atoms with Gasteiger partial charge in [0, 0.05) is 17.2 Å². The number of anilines is 1. The molecule has 2 aromatic rings. The second-order valence-electron chi connectivity index (χ2n) is 4.77. The minimum Gasteiger partial charge on any atom is -0.314 e. The predicted molar refractivity (Wildman–Crippen MR) is 96.8 cm³/mol. The van der Waals surface area contributed by atoms with Crippen LogP contribution in [0.4, 0.5) is 5.69 Å². The third-order valence-corrected chi connectivity index (χ3v) is 7.14. The van der Waals surface area contributed by atoms with Crippen LogP contribution in [0, 0.1) is 6.92 Å². The van der Waals surface area contributed by atoms with Crippen molar-refractivity contribution in [3.8, 4) is 0 Å². The number of halogens is 2. The van der Waals surface area contributed by atoms with E-state index in [0.717, 1.165) is 21.4 Å². The fourth-order valence-corrected chi connectivity index (χ4v) is 4.52. The first kappa shape index (κ1) is 18.4. The van der Waals surface area contributed by atoms with Gasteiger partial charge in [0.05, 0.1) is 10.9 Å². The standard InChI is InChI=1S/C14H14BrClN2O3S2/c1-9-7-10(3-4-11(9)15)18(2)13(19)8-17-23(20,21)14-6-5-12(16)22-14/h3-7,17H,8H2,1-2H3. The number of hydrogen-bond acceptors (Lipinski definition) is 4. The Bertz CT molecular complexity index is 836. The number of carbonyl (C=O) groups excluding carboxylic acids is 1. The third-order valence-electron chi connectivity index (χ3n) is 3.13. The van der Waals surface area contributed by atoms with Crippen LogP contribution < -0.4 is 9.62 Å². The molecule has 23 heavy (non-hydrogen) atoms. The number of benzene rings is 1. The molecule has 0 saturated carbocycles. The lowest BCUT2D eigenvalue weighted by Crippen LogP contribution is -2.38. The lowest BCUT2D eigenvalue weighted by Gasteiger charge is -2.18. The van der Waals surface area contributed by atoms with E-state index in [-0.39, 0.29) is 16.7 Å². The Morgan fingerprint density at radius 3 is 2.61 bits per heavy atom. The molecular formula is C14H14BrClN2O3S2. The number of amides is 1. The Labute approximate surface area is 152 Å². The van der Waals surface area contributed by atoms with Crippen molar-refractivity contribution in [1.29, 1.82) is 0 Å². The van der Waals surface area contributed by atoms with Crippen molar-refractivity contribution < 1.29 is 13.2 Å². The molecular weight excluding hydrogens is 424 g/mol. The van der Waals surface area contributed by atoms with Crippen molar-refractivity contribution >= 4 is 60.5 Å². The number of thiophene rings is 1. The van der Waals surface area contributed by atoms with Crippen molar-refractivity contribution in [2.75, 3.05) is 18.5 Å². The van der Waals surface area contributed by atoms with Crippen molar-refractivity contribution in [3.63, 3.8) is 0 Å². The van der Waals surface area contributed by atoms with Gasteiger partial charge in [0.1, 0.15) is 4.21 Å². The van der Waals surface area contributed by atoms with Crippen LogP contribution in [0.25, 0.3) is 0 Å².